The molecule has 3 N–H and O–H groups in total. The summed E-state index contributed by atoms with van der Waals surface area (Å²) in [4.78, 5) is 13.0. The lowest BCUT2D eigenvalue weighted by molar-refractivity contribution is -0.137. The van der Waals surface area contributed by atoms with E-state index in [-0.39, 0.29) is 6.61 Å². The molecule has 6 nitrogen and oxygen atoms in total. The van der Waals surface area contributed by atoms with Crippen LogP contribution in [0.25, 0.3) is 11.1 Å². The number of hydrogen-bond acceptors (Lipinski definition) is 8. The number of alkyl halides is 3. The van der Waals surface area contributed by atoms with Gasteiger partial charge in [0, 0.05) is 34.6 Å². The van der Waals surface area contributed by atoms with Crippen LogP contribution in [0.3, 0.4) is 0 Å². The Hall–Kier alpha value is -2.21. The number of nitrogens with one attached hydrogen (secondary N) is 1. The van der Waals surface area contributed by atoms with Gasteiger partial charge < -0.3 is 15.5 Å². The number of aryl methyl sites for hydroxylation is 1. The van der Waals surface area contributed by atoms with E-state index in [9.17, 15) is 18.3 Å². The third-order valence-corrected chi connectivity index (χ3v) is 7.21. The molecule has 0 aliphatic carbocycles. The SMILES string of the molecule is CC(C)(Sc1nc(CCCNc2ncc(-c3cccc(C(F)(F)F)c3)cn2)cs1)C(O)CO. The quantitative estimate of drug-likeness (QED) is 0.271. The molecule has 0 bridgehead atoms. The van der Waals surface area contributed by atoms with Crippen LogP contribution in [0.5, 0.6) is 0 Å². The molecule has 0 aliphatic heterocycles. The minimum Gasteiger partial charge on any atom is -0.394 e. The Labute approximate surface area is 198 Å². The lowest BCUT2D eigenvalue weighted by Gasteiger charge is -2.27. The molecular formula is C22H25F3N4O2S2. The van der Waals surface area contributed by atoms with Crippen LogP contribution >= 0.6 is 23.1 Å². The zero-order chi connectivity index (χ0) is 24.1. The number of anilines is 1. The van der Waals surface area contributed by atoms with Gasteiger partial charge in [-0.25, -0.2) is 15.0 Å². The summed E-state index contributed by atoms with van der Waals surface area (Å²) in [5.74, 6) is 0.403. The van der Waals surface area contributed by atoms with Gasteiger partial charge in [-0.1, -0.05) is 23.9 Å². The summed E-state index contributed by atoms with van der Waals surface area (Å²) in [6.45, 7) is 4.04. The molecule has 3 aromatic rings. The van der Waals surface area contributed by atoms with Gasteiger partial charge in [0.05, 0.1) is 24.0 Å². The van der Waals surface area contributed by atoms with Crippen molar-refractivity contribution in [3.8, 4) is 11.1 Å². The number of aromatic nitrogens is 3. The van der Waals surface area contributed by atoms with Crippen molar-refractivity contribution < 1.29 is 23.4 Å². The first-order valence-electron chi connectivity index (χ1n) is 10.2. The summed E-state index contributed by atoms with van der Waals surface area (Å²) in [7, 11) is 0. The van der Waals surface area contributed by atoms with E-state index in [1.807, 2.05) is 19.2 Å². The van der Waals surface area contributed by atoms with Crippen molar-refractivity contribution in [3.63, 3.8) is 0 Å². The van der Waals surface area contributed by atoms with Crippen LogP contribution in [0.15, 0.2) is 46.4 Å². The van der Waals surface area contributed by atoms with Crippen molar-refractivity contribution in [3.05, 3.63) is 53.3 Å². The molecule has 3 rings (SSSR count). The molecule has 0 saturated carbocycles. The van der Waals surface area contributed by atoms with Crippen molar-refractivity contribution in [2.45, 2.75) is 48.1 Å². The summed E-state index contributed by atoms with van der Waals surface area (Å²) < 4.78 is 39.0. The predicted molar refractivity (Wildman–Crippen MR) is 124 cm³/mol. The molecule has 33 heavy (non-hydrogen) atoms. The van der Waals surface area contributed by atoms with Crippen molar-refractivity contribution >= 4 is 29.0 Å². The number of hydrogen-bond donors (Lipinski definition) is 3. The molecule has 0 radical (unpaired) electrons. The van der Waals surface area contributed by atoms with Gasteiger partial charge in [-0.05, 0) is 44.4 Å². The second kappa shape index (κ2) is 10.8. The smallest absolute Gasteiger partial charge is 0.394 e. The first-order valence-corrected chi connectivity index (χ1v) is 11.9. The highest BCUT2D eigenvalue weighted by Crippen LogP contribution is 2.37. The number of nitrogens with zero attached hydrogens (tertiary/aromatic N) is 3. The Morgan fingerprint density at radius 3 is 2.55 bits per heavy atom. The summed E-state index contributed by atoms with van der Waals surface area (Å²) in [5, 5.41) is 24.1. The van der Waals surface area contributed by atoms with E-state index < -0.39 is 22.6 Å². The van der Waals surface area contributed by atoms with Crippen LogP contribution in [-0.4, -0.2) is 49.2 Å². The van der Waals surface area contributed by atoms with Crippen LogP contribution < -0.4 is 5.32 Å². The first kappa shape index (κ1) is 25.4. The third kappa shape index (κ3) is 7.13. The van der Waals surface area contributed by atoms with E-state index in [2.05, 4.69) is 20.3 Å². The van der Waals surface area contributed by atoms with E-state index in [0.717, 1.165) is 35.0 Å². The Morgan fingerprint density at radius 1 is 1.15 bits per heavy atom. The molecular weight excluding hydrogens is 473 g/mol. The largest absolute Gasteiger partial charge is 0.416 e. The number of thiazole rings is 1. The number of rotatable bonds is 10. The average Bonchev–Trinajstić information content (AvgIpc) is 3.22. The van der Waals surface area contributed by atoms with Gasteiger partial charge in [-0.2, -0.15) is 13.2 Å². The Kier molecular flexibility index (Phi) is 8.33. The van der Waals surface area contributed by atoms with Gasteiger partial charge in [-0.15, -0.1) is 11.3 Å². The van der Waals surface area contributed by atoms with E-state index in [4.69, 9.17) is 5.11 Å². The first-order chi connectivity index (χ1) is 15.6. The minimum atomic E-state index is -4.40. The minimum absolute atomic E-state index is 0.299. The number of halogens is 3. The number of aliphatic hydroxyl groups excluding tert-OH is 2. The van der Waals surface area contributed by atoms with E-state index in [1.165, 1.54) is 41.6 Å². The maximum atomic E-state index is 12.9. The predicted octanol–water partition coefficient (Wildman–Crippen LogP) is 4.89. The van der Waals surface area contributed by atoms with E-state index in [1.54, 1.807) is 6.07 Å². The maximum absolute atomic E-state index is 12.9. The molecule has 2 heterocycles. The molecule has 0 amide bonds. The van der Waals surface area contributed by atoms with Crippen LogP contribution in [0.2, 0.25) is 0 Å². The van der Waals surface area contributed by atoms with E-state index in [0.29, 0.717) is 23.6 Å². The summed E-state index contributed by atoms with van der Waals surface area (Å²) in [5.41, 5.74) is 1.15. The Morgan fingerprint density at radius 2 is 1.88 bits per heavy atom. The lowest BCUT2D eigenvalue weighted by Crippen LogP contribution is -2.35. The van der Waals surface area contributed by atoms with Crippen LogP contribution in [0.4, 0.5) is 19.1 Å². The van der Waals surface area contributed by atoms with Gasteiger partial charge >= 0.3 is 6.18 Å². The second-order valence-electron chi connectivity index (χ2n) is 7.91. The van der Waals surface area contributed by atoms with Gasteiger partial charge in [0.1, 0.15) is 0 Å². The molecule has 0 aliphatic rings. The fraction of sp³-hybridized carbons (Fsp3) is 0.409. The molecule has 11 heteroatoms. The average molecular weight is 499 g/mol. The molecule has 1 atom stereocenters. The van der Waals surface area contributed by atoms with Crippen molar-refractivity contribution in [1.29, 1.82) is 0 Å². The van der Waals surface area contributed by atoms with Crippen LogP contribution in [0, 0.1) is 0 Å². The molecule has 2 aromatic heterocycles. The molecule has 0 saturated heterocycles. The van der Waals surface area contributed by atoms with Gasteiger partial charge in [0.2, 0.25) is 5.95 Å². The highest BCUT2D eigenvalue weighted by Gasteiger charge is 2.31. The summed E-state index contributed by atoms with van der Waals surface area (Å²) in [6, 6.07) is 5.07. The molecule has 0 spiro atoms. The molecule has 1 unspecified atom stereocenters. The highest BCUT2D eigenvalue weighted by atomic mass is 32.2. The van der Waals surface area contributed by atoms with Gasteiger partial charge in [0.25, 0.3) is 0 Å². The fourth-order valence-electron chi connectivity index (χ4n) is 2.88. The van der Waals surface area contributed by atoms with Crippen LogP contribution in [-0.2, 0) is 12.6 Å². The number of thioether (sulfide) groups is 1. The van der Waals surface area contributed by atoms with Crippen LogP contribution in [0.1, 0.15) is 31.5 Å². The maximum Gasteiger partial charge on any atom is 0.416 e. The third-order valence-electron chi connectivity index (χ3n) is 4.92. The molecule has 0 fully saturated rings. The second-order valence-corrected chi connectivity index (χ2v) is 10.7. The lowest BCUT2D eigenvalue weighted by atomic mass is 10.1. The zero-order valence-electron chi connectivity index (χ0n) is 18.1. The monoisotopic (exact) mass is 498 g/mol. The van der Waals surface area contributed by atoms with Crippen molar-refractivity contribution in [2.24, 2.45) is 0 Å². The zero-order valence-corrected chi connectivity index (χ0v) is 19.8. The van der Waals surface area contributed by atoms with Gasteiger partial charge in [0.15, 0.2) is 4.34 Å². The fourth-order valence-corrected chi connectivity index (χ4v) is 5.26. The Bertz CT molecular complexity index is 1040. The summed E-state index contributed by atoms with van der Waals surface area (Å²) >= 11 is 2.94. The number of aliphatic hydroxyl groups is 2. The van der Waals surface area contributed by atoms with Gasteiger partial charge in [-0.3, -0.25) is 0 Å². The summed E-state index contributed by atoms with van der Waals surface area (Å²) in [6.07, 6.45) is -0.704. The number of benzene rings is 1. The highest BCUT2D eigenvalue weighted by molar-refractivity contribution is 8.02. The van der Waals surface area contributed by atoms with Crippen molar-refractivity contribution in [1.82, 2.24) is 15.0 Å². The van der Waals surface area contributed by atoms with E-state index >= 15 is 0 Å². The normalized spacial score (nSPS) is 13.2. The molecule has 178 valence electrons. The molecule has 1 aromatic carbocycles. The van der Waals surface area contributed by atoms with Crippen molar-refractivity contribution in [2.75, 3.05) is 18.5 Å². The Balaban J connectivity index is 1.48. The standard InChI is InChI=1S/C22H25F3N4O2S2/c1-21(2,18(31)12-30)33-20-29-17(13-32-20)7-4-8-26-19-27-10-15(11-28-19)14-5-3-6-16(9-14)22(23,24)25/h3,5-6,9-11,13,18,30-31H,4,7-8,12H2,1-2H3,(H,26,27,28). The topological polar surface area (TPSA) is 91.2 Å².